The topological polar surface area (TPSA) is 153 Å². The van der Waals surface area contributed by atoms with Crippen molar-refractivity contribution in [3.05, 3.63) is 23.9 Å². The van der Waals surface area contributed by atoms with Gasteiger partial charge in [-0.2, -0.15) is 5.10 Å². The van der Waals surface area contributed by atoms with Crippen LogP contribution >= 0.6 is 0 Å². The highest BCUT2D eigenvalue weighted by atomic mass is 16.3. The molecular formula is C17H22N6O4. The summed E-state index contributed by atoms with van der Waals surface area (Å²) >= 11 is 0. The summed E-state index contributed by atoms with van der Waals surface area (Å²) in [5.74, 6) is -1.94. The van der Waals surface area contributed by atoms with Crippen molar-refractivity contribution in [2.45, 2.75) is 6.42 Å². The van der Waals surface area contributed by atoms with Crippen LogP contribution in [0.1, 0.15) is 16.9 Å². The summed E-state index contributed by atoms with van der Waals surface area (Å²) in [5, 5.41) is 21.2. The van der Waals surface area contributed by atoms with Crippen LogP contribution < -0.4 is 16.4 Å². The second kappa shape index (κ2) is 8.14. The zero-order valence-corrected chi connectivity index (χ0v) is 14.7. The van der Waals surface area contributed by atoms with E-state index in [1.54, 1.807) is 12.1 Å². The predicted octanol–water partition coefficient (Wildman–Crippen LogP) is -0.969. The van der Waals surface area contributed by atoms with E-state index in [-0.39, 0.29) is 18.2 Å². The predicted molar refractivity (Wildman–Crippen MR) is 97.9 cm³/mol. The molecule has 0 saturated carbocycles. The quantitative estimate of drug-likeness (QED) is 0.410. The fourth-order valence-corrected chi connectivity index (χ4v) is 3.14. The third-order valence-corrected chi connectivity index (χ3v) is 4.60. The number of benzene rings is 1. The minimum absolute atomic E-state index is 0.0670. The van der Waals surface area contributed by atoms with Crippen LogP contribution in [-0.4, -0.2) is 70.7 Å². The first-order chi connectivity index (χ1) is 13.0. The van der Waals surface area contributed by atoms with Gasteiger partial charge in [0.15, 0.2) is 5.69 Å². The van der Waals surface area contributed by atoms with Crippen LogP contribution in [0.2, 0.25) is 0 Å². The lowest BCUT2D eigenvalue weighted by Crippen LogP contribution is -2.39. The lowest BCUT2D eigenvalue weighted by Gasteiger charge is -2.15. The maximum absolute atomic E-state index is 12.0. The highest BCUT2D eigenvalue weighted by Gasteiger charge is 2.22. The standard InChI is InChI=1S/C17H22N6O4/c18-15(25)14-12-7-11(1-2-13(12)21-22-14)20-17(27)16(26)19-4-6-23-5-3-10(8-23)9-24/h1-2,7,10,24H,3-6,8-9H2,(H2,18,25)(H,19,26)(H,20,27)(H,21,22). The van der Waals surface area contributed by atoms with Crippen LogP contribution in [0.5, 0.6) is 0 Å². The number of primary amides is 1. The summed E-state index contributed by atoms with van der Waals surface area (Å²) in [4.78, 5) is 37.5. The molecule has 2 aromatic rings. The number of aromatic amines is 1. The maximum atomic E-state index is 12.0. The van der Waals surface area contributed by atoms with E-state index in [4.69, 9.17) is 10.8 Å². The molecular weight excluding hydrogens is 352 g/mol. The van der Waals surface area contributed by atoms with Gasteiger partial charge in [0.25, 0.3) is 5.91 Å². The number of rotatable bonds is 6. The summed E-state index contributed by atoms with van der Waals surface area (Å²) < 4.78 is 0. The van der Waals surface area contributed by atoms with Crippen molar-refractivity contribution < 1.29 is 19.5 Å². The number of nitrogens with zero attached hydrogens (tertiary/aromatic N) is 2. The maximum Gasteiger partial charge on any atom is 0.313 e. The largest absolute Gasteiger partial charge is 0.396 e. The van der Waals surface area contributed by atoms with E-state index in [1.807, 2.05) is 0 Å². The number of H-pyrrole nitrogens is 1. The van der Waals surface area contributed by atoms with Gasteiger partial charge >= 0.3 is 11.8 Å². The number of nitrogens with two attached hydrogens (primary N) is 1. The van der Waals surface area contributed by atoms with Crippen LogP contribution in [0, 0.1) is 5.92 Å². The highest BCUT2D eigenvalue weighted by Crippen LogP contribution is 2.20. The van der Waals surface area contributed by atoms with Crippen molar-refractivity contribution in [2.75, 3.05) is 38.1 Å². The molecule has 3 amide bonds. The number of anilines is 1. The van der Waals surface area contributed by atoms with E-state index in [0.29, 0.717) is 29.7 Å². The van der Waals surface area contributed by atoms with Crippen molar-refractivity contribution in [2.24, 2.45) is 11.7 Å². The zero-order chi connectivity index (χ0) is 19.4. The Hall–Kier alpha value is -2.98. The molecule has 1 saturated heterocycles. The molecule has 0 spiro atoms. The number of amides is 3. The number of fused-ring (bicyclic) bond motifs is 1. The van der Waals surface area contributed by atoms with Gasteiger partial charge in [0, 0.05) is 37.3 Å². The smallest absolute Gasteiger partial charge is 0.313 e. The fourth-order valence-electron chi connectivity index (χ4n) is 3.14. The fraction of sp³-hybridized carbons (Fsp3) is 0.412. The molecule has 1 aliphatic rings. The van der Waals surface area contributed by atoms with E-state index >= 15 is 0 Å². The number of nitrogens with one attached hydrogen (secondary N) is 3. The van der Waals surface area contributed by atoms with Gasteiger partial charge in [-0.05, 0) is 37.1 Å². The van der Waals surface area contributed by atoms with Crippen molar-refractivity contribution in [1.82, 2.24) is 20.4 Å². The van der Waals surface area contributed by atoms with E-state index in [1.165, 1.54) is 6.07 Å². The Balaban J connectivity index is 1.52. The summed E-state index contributed by atoms with van der Waals surface area (Å²) in [7, 11) is 0. The normalized spacial score (nSPS) is 17.1. The van der Waals surface area contributed by atoms with Gasteiger partial charge in [0.2, 0.25) is 0 Å². The number of aliphatic hydroxyl groups excluding tert-OH is 1. The monoisotopic (exact) mass is 374 g/mol. The molecule has 1 unspecified atom stereocenters. The Kier molecular flexibility index (Phi) is 5.67. The average Bonchev–Trinajstić information content (AvgIpc) is 3.27. The first-order valence-corrected chi connectivity index (χ1v) is 8.68. The second-order valence-corrected chi connectivity index (χ2v) is 6.54. The summed E-state index contributed by atoms with van der Waals surface area (Å²) in [6.45, 7) is 2.81. The number of carbonyl (C=O) groups excluding carboxylic acids is 3. The Bertz CT molecular complexity index is 864. The van der Waals surface area contributed by atoms with Gasteiger partial charge in [-0.25, -0.2) is 0 Å². The second-order valence-electron chi connectivity index (χ2n) is 6.54. The van der Waals surface area contributed by atoms with E-state index < -0.39 is 17.7 Å². The van der Waals surface area contributed by atoms with Crippen LogP contribution in [0.15, 0.2) is 18.2 Å². The molecule has 1 aliphatic heterocycles. The molecule has 1 aromatic carbocycles. The van der Waals surface area contributed by atoms with Crippen molar-refractivity contribution in [3.63, 3.8) is 0 Å². The van der Waals surface area contributed by atoms with E-state index in [0.717, 1.165) is 19.5 Å². The molecule has 2 heterocycles. The van der Waals surface area contributed by atoms with Crippen molar-refractivity contribution in [3.8, 4) is 0 Å². The Morgan fingerprint density at radius 3 is 2.85 bits per heavy atom. The Labute approximate surface area is 155 Å². The van der Waals surface area contributed by atoms with Crippen molar-refractivity contribution in [1.29, 1.82) is 0 Å². The first kappa shape index (κ1) is 18.8. The number of likely N-dealkylation sites (tertiary alicyclic amines) is 1. The number of hydrogen-bond acceptors (Lipinski definition) is 6. The van der Waals surface area contributed by atoms with Gasteiger partial charge in [0.1, 0.15) is 0 Å². The molecule has 1 aromatic heterocycles. The Morgan fingerprint density at radius 1 is 1.33 bits per heavy atom. The molecule has 6 N–H and O–H groups in total. The number of aromatic nitrogens is 2. The molecule has 1 atom stereocenters. The molecule has 3 rings (SSSR count). The number of carbonyl (C=O) groups is 3. The van der Waals surface area contributed by atoms with Crippen LogP contribution in [0.25, 0.3) is 10.9 Å². The summed E-state index contributed by atoms with van der Waals surface area (Å²) in [5.41, 5.74) is 6.28. The Morgan fingerprint density at radius 2 is 2.15 bits per heavy atom. The highest BCUT2D eigenvalue weighted by molar-refractivity contribution is 6.39. The van der Waals surface area contributed by atoms with Gasteiger partial charge in [-0.15, -0.1) is 0 Å². The minimum Gasteiger partial charge on any atom is -0.396 e. The van der Waals surface area contributed by atoms with Gasteiger partial charge in [0.05, 0.1) is 5.52 Å². The van der Waals surface area contributed by atoms with Crippen LogP contribution in [0.3, 0.4) is 0 Å². The lowest BCUT2D eigenvalue weighted by atomic mass is 10.1. The number of aliphatic hydroxyl groups is 1. The average molecular weight is 374 g/mol. The third-order valence-electron chi connectivity index (χ3n) is 4.60. The van der Waals surface area contributed by atoms with Crippen molar-refractivity contribution >= 4 is 34.3 Å². The van der Waals surface area contributed by atoms with Crippen LogP contribution in [0.4, 0.5) is 5.69 Å². The zero-order valence-electron chi connectivity index (χ0n) is 14.7. The summed E-state index contributed by atoms with van der Waals surface area (Å²) in [6.07, 6.45) is 0.939. The third kappa shape index (κ3) is 4.41. The SMILES string of the molecule is NC(=O)c1n[nH]c2ccc(NC(=O)C(=O)NCCN3CCC(CO)C3)cc12. The lowest BCUT2D eigenvalue weighted by molar-refractivity contribution is -0.136. The molecule has 0 radical (unpaired) electrons. The molecule has 0 aliphatic carbocycles. The molecule has 10 heteroatoms. The molecule has 144 valence electrons. The summed E-state index contributed by atoms with van der Waals surface area (Å²) in [6, 6.07) is 4.76. The first-order valence-electron chi connectivity index (χ1n) is 8.68. The minimum atomic E-state index is -0.798. The molecule has 27 heavy (non-hydrogen) atoms. The van der Waals surface area contributed by atoms with Gasteiger partial charge < -0.3 is 26.4 Å². The van der Waals surface area contributed by atoms with E-state index in [9.17, 15) is 14.4 Å². The molecule has 10 nitrogen and oxygen atoms in total. The van der Waals surface area contributed by atoms with Crippen LogP contribution in [-0.2, 0) is 9.59 Å². The van der Waals surface area contributed by atoms with E-state index in [2.05, 4.69) is 25.7 Å². The van der Waals surface area contributed by atoms with Gasteiger partial charge in [-0.3, -0.25) is 19.5 Å². The number of hydrogen-bond donors (Lipinski definition) is 5. The molecule has 1 fully saturated rings. The van der Waals surface area contributed by atoms with Gasteiger partial charge in [-0.1, -0.05) is 0 Å². The molecule has 0 bridgehead atoms.